The zero-order chi connectivity index (χ0) is 22.0. The van der Waals surface area contributed by atoms with E-state index in [4.69, 9.17) is 22.2 Å². The molecule has 0 nitrogen and oxygen atoms in total. The second-order valence-electron chi connectivity index (χ2n) is 8.41. The average molecular weight is 494 g/mol. The van der Waals surface area contributed by atoms with Gasteiger partial charge in [-0.3, -0.25) is 0 Å². The maximum absolute atomic E-state index is 8.02. The van der Waals surface area contributed by atoms with Crippen LogP contribution in [0.2, 0.25) is 13.1 Å². The smallest absolute Gasteiger partial charge is 0.159 e. The van der Waals surface area contributed by atoms with Crippen LogP contribution in [-0.4, -0.2) is 20.9 Å². The SMILES string of the molecule is C[Si](C)([Si](Cl)(c1ccccc1)c1ccccc1)[Si](Cl)(c1ccccc1)c1ccccc1. The second-order valence-corrected chi connectivity index (χ2v) is 35.4. The van der Waals surface area contributed by atoms with E-state index < -0.39 is 20.9 Å². The monoisotopic (exact) mass is 492 g/mol. The number of hydrogen-bond acceptors (Lipinski definition) is 0. The summed E-state index contributed by atoms with van der Waals surface area (Å²) in [4.78, 5) is 0. The summed E-state index contributed by atoms with van der Waals surface area (Å²) in [6, 6.07) is 42.8. The lowest BCUT2D eigenvalue weighted by molar-refractivity contribution is 1.71. The molecule has 156 valence electrons. The molecule has 0 saturated carbocycles. The van der Waals surface area contributed by atoms with Gasteiger partial charge in [-0.2, -0.15) is 22.2 Å². The quantitative estimate of drug-likeness (QED) is 0.266. The van der Waals surface area contributed by atoms with E-state index in [0.717, 1.165) is 0 Å². The minimum Gasteiger partial charge on any atom is -0.159 e. The Kier molecular flexibility index (Phi) is 6.42. The maximum atomic E-state index is 8.02. The molecule has 0 bridgehead atoms. The van der Waals surface area contributed by atoms with Crippen LogP contribution in [0.5, 0.6) is 0 Å². The van der Waals surface area contributed by atoms with Gasteiger partial charge in [0.25, 0.3) is 0 Å². The van der Waals surface area contributed by atoms with E-state index in [2.05, 4.69) is 134 Å². The van der Waals surface area contributed by atoms with E-state index in [1.165, 1.54) is 20.7 Å². The predicted octanol–water partition coefficient (Wildman–Crippen LogP) is 4.85. The van der Waals surface area contributed by atoms with Crippen molar-refractivity contribution in [3.63, 3.8) is 0 Å². The van der Waals surface area contributed by atoms with Crippen molar-refractivity contribution >= 4 is 63.8 Å². The lowest BCUT2D eigenvalue weighted by atomic mass is 10.4. The van der Waals surface area contributed by atoms with Gasteiger partial charge in [0.15, 0.2) is 0 Å². The Labute approximate surface area is 197 Å². The molecule has 0 N–H and O–H groups in total. The Balaban J connectivity index is 2.05. The van der Waals surface area contributed by atoms with Crippen LogP contribution in [0.1, 0.15) is 0 Å². The molecule has 4 rings (SSSR count). The average Bonchev–Trinajstić information content (AvgIpc) is 2.85. The Morgan fingerprint density at radius 3 is 0.774 bits per heavy atom. The zero-order valence-electron chi connectivity index (χ0n) is 17.8. The highest BCUT2D eigenvalue weighted by Gasteiger charge is 2.64. The fourth-order valence-electron chi connectivity index (χ4n) is 4.69. The lowest BCUT2D eigenvalue weighted by Gasteiger charge is -2.48. The fourth-order valence-corrected chi connectivity index (χ4v) is 43.3. The van der Waals surface area contributed by atoms with Gasteiger partial charge in [-0.25, -0.2) is 0 Å². The Bertz CT molecular complexity index is 948. The highest BCUT2D eigenvalue weighted by molar-refractivity contribution is 7.93. The second kappa shape index (κ2) is 8.93. The Morgan fingerprint density at radius 1 is 0.387 bits per heavy atom. The van der Waals surface area contributed by atoms with E-state index in [1.807, 2.05) is 0 Å². The highest BCUT2D eigenvalue weighted by Crippen LogP contribution is 2.34. The minimum absolute atomic E-state index is 1.25. The third-order valence-corrected chi connectivity index (χ3v) is 48.9. The topological polar surface area (TPSA) is 0 Å². The van der Waals surface area contributed by atoms with Gasteiger partial charge in [0.1, 0.15) is 0 Å². The predicted molar refractivity (Wildman–Crippen MR) is 145 cm³/mol. The first-order valence-corrected chi connectivity index (χ1v) is 21.5. The van der Waals surface area contributed by atoms with Crippen molar-refractivity contribution in [1.82, 2.24) is 0 Å². The van der Waals surface area contributed by atoms with Crippen molar-refractivity contribution in [2.45, 2.75) is 13.1 Å². The van der Waals surface area contributed by atoms with Gasteiger partial charge in [0.05, 0.1) is 7.11 Å². The molecular weight excluding hydrogens is 467 g/mol. The first-order chi connectivity index (χ1) is 14.9. The van der Waals surface area contributed by atoms with Crippen LogP contribution in [0.3, 0.4) is 0 Å². The van der Waals surface area contributed by atoms with Crippen molar-refractivity contribution in [2.75, 3.05) is 0 Å². The summed E-state index contributed by atoms with van der Waals surface area (Å²) < 4.78 is 0. The number of rotatable bonds is 6. The van der Waals surface area contributed by atoms with Gasteiger partial charge in [-0.05, 0) is 20.7 Å². The van der Waals surface area contributed by atoms with Crippen molar-refractivity contribution in [1.29, 1.82) is 0 Å². The summed E-state index contributed by atoms with van der Waals surface area (Å²) in [6.07, 6.45) is 0. The largest absolute Gasteiger partial charge is 0.205 e. The number of benzene rings is 4. The molecule has 0 aliphatic heterocycles. The van der Waals surface area contributed by atoms with Gasteiger partial charge in [-0.15, -0.1) is 0 Å². The molecule has 0 aromatic heterocycles. The van der Waals surface area contributed by atoms with E-state index in [1.54, 1.807) is 0 Å². The molecule has 0 saturated heterocycles. The highest BCUT2D eigenvalue weighted by atomic mass is 35.6. The van der Waals surface area contributed by atoms with Crippen LogP contribution in [0.15, 0.2) is 121 Å². The molecule has 4 aromatic carbocycles. The van der Waals surface area contributed by atoms with E-state index in [0.29, 0.717) is 0 Å². The number of halogens is 2. The van der Waals surface area contributed by atoms with Gasteiger partial charge >= 0.3 is 0 Å². The van der Waals surface area contributed by atoms with Crippen molar-refractivity contribution in [3.05, 3.63) is 121 Å². The zero-order valence-corrected chi connectivity index (χ0v) is 22.3. The van der Waals surface area contributed by atoms with Crippen LogP contribution < -0.4 is 20.7 Å². The molecule has 31 heavy (non-hydrogen) atoms. The Hall–Kier alpha value is -1.89. The number of hydrogen-bond donors (Lipinski definition) is 0. The third kappa shape index (κ3) is 3.69. The molecular formula is C26H26Cl2Si3. The summed E-state index contributed by atoms with van der Waals surface area (Å²) in [5, 5.41) is 5.01. The summed E-state index contributed by atoms with van der Waals surface area (Å²) in [5.74, 6) is 0. The van der Waals surface area contributed by atoms with Crippen LogP contribution in [0, 0.1) is 0 Å². The molecule has 0 atom stereocenters. The normalized spacial score (nSPS) is 12.5. The van der Waals surface area contributed by atoms with Gasteiger partial charge in [-0.1, -0.05) is 134 Å². The van der Waals surface area contributed by atoms with E-state index in [-0.39, 0.29) is 0 Å². The molecule has 4 aromatic rings. The van der Waals surface area contributed by atoms with Crippen LogP contribution >= 0.6 is 22.2 Å². The van der Waals surface area contributed by atoms with E-state index in [9.17, 15) is 0 Å². The van der Waals surface area contributed by atoms with Crippen molar-refractivity contribution in [2.24, 2.45) is 0 Å². The molecule has 0 aliphatic carbocycles. The van der Waals surface area contributed by atoms with Crippen molar-refractivity contribution < 1.29 is 0 Å². The first-order valence-electron chi connectivity index (χ1n) is 10.5. The molecule has 0 amide bonds. The molecule has 0 radical (unpaired) electrons. The van der Waals surface area contributed by atoms with E-state index >= 15 is 0 Å². The third-order valence-electron chi connectivity index (χ3n) is 6.41. The van der Waals surface area contributed by atoms with Crippen LogP contribution in [0.4, 0.5) is 0 Å². The molecule has 0 heterocycles. The molecule has 0 aliphatic rings. The molecule has 0 fully saturated rings. The molecule has 5 heteroatoms. The summed E-state index contributed by atoms with van der Waals surface area (Å²) >= 11 is 16.0. The maximum Gasteiger partial charge on any atom is 0.205 e. The Morgan fingerprint density at radius 2 is 0.581 bits per heavy atom. The summed E-state index contributed by atoms with van der Waals surface area (Å²) in [5.41, 5.74) is 0. The molecule has 0 spiro atoms. The van der Waals surface area contributed by atoms with Gasteiger partial charge in [0, 0.05) is 0 Å². The van der Waals surface area contributed by atoms with Crippen LogP contribution in [0.25, 0.3) is 0 Å². The lowest BCUT2D eigenvalue weighted by Crippen LogP contribution is -2.85. The van der Waals surface area contributed by atoms with Gasteiger partial charge < -0.3 is 0 Å². The fraction of sp³-hybridized carbons (Fsp3) is 0.0769. The minimum atomic E-state index is -2.69. The first kappa shape index (κ1) is 22.3. The summed E-state index contributed by atoms with van der Waals surface area (Å²) in [6.45, 7) is -0.507. The molecule has 0 unspecified atom stereocenters. The van der Waals surface area contributed by atoms with Gasteiger partial charge in [0.2, 0.25) is 13.8 Å². The summed E-state index contributed by atoms with van der Waals surface area (Å²) in [7, 11) is -2.37. The van der Waals surface area contributed by atoms with Crippen molar-refractivity contribution in [3.8, 4) is 0 Å². The standard InChI is InChI=1S/C26H26Cl2Si3/c1-29(2,30(27,23-15-7-3-8-16-23)24-17-9-4-10-18-24)31(28,25-19-11-5-12-20-25)26-21-13-6-14-22-26/h3-22H,1-2H3. The van der Waals surface area contributed by atoms with Crippen LogP contribution in [-0.2, 0) is 0 Å².